The maximum Gasteiger partial charge on any atom is 0.120 e. The normalized spacial score (nSPS) is 11.3. The second kappa shape index (κ2) is 5.88. The van der Waals surface area contributed by atoms with Crippen molar-refractivity contribution in [2.45, 2.75) is 40.3 Å². The molecule has 0 bridgehead atoms. The van der Waals surface area contributed by atoms with Crippen molar-refractivity contribution in [3.63, 3.8) is 0 Å². The highest BCUT2D eigenvalue weighted by atomic mass is 16.5. The fraction of sp³-hybridized carbons (Fsp3) is 0.300. The molecule has 114 valence electrons. The van der Waals surface area contributed by atoms with Crippen LogP contribution in [0.25, 0.3) is 10.9 Å². The highest BCUT2D eigenvalue weighted by Crippen LogP contribution is 2.27. The van der Waals surface area contributed by atoms with Crippen molar-refractivity contribution in [2.75, 3.05) is 0 Å². The van der Waals surface area contributed by atoms with Gasteiger partial charge in [0.25, 0.3) is 0 Å². The van der Waals surface area contributed by atoms with Crippen molar-refractivity contribution < 1.29 is 4.74 Å². The first-order chi connectivity index (χ1) is 10.5. The van der Waals surface area contributed by atoms with E-state index in [0.29, 0.717) is 12.6 Å². The zero-order valence-corrected chi connectivity index (χ0v) is 13.8. The predicted octanol–water partition coefficient (Wildman–Crippen LogP) is 5.42. The first-order valence-corrected chi connectivity index (χ1v) is 7.84. The van der Waals surface area contributed by atoms with Gasteiger partial charge in [0.1, 0.15) is 12.4 Å². The number of nitrogens with zero attached hydrogens (tertiary/aromatic N) is 1. The van der Waals surface area contributed by atoms with Crippen LogP contribution in [-0.2, 0) is 6.61 Å². The fourth-order valence-electron chi connectivity index (χ4n) is 2.85. The molecule has 0 fully saturated rings. The van der Waals surface area contributed by atoms with Gasteiger partial charge in [-0.3, -0.25) is 0 Å². The van der Waals surface area contributed by atoms with E-state index in [0.717, 1.165) is 5.75 Å². The molecule has 0 aliphatic carbocycles. The number of benzene rings is 2. The Morgan fingerprint density at radius 3 is 2.50 bits per heavy atom. The van der Waals surface area contributed by atoms with E-state index in [9.17, 15) is 0 Å². The lowest BCUT2D eigenvalue weighted by Crippen LogP contribution is -1.98. The summed E-state index contributed by atoms with van der Waals surface area (Å²) in [6, 6.07) is 15.3. The van der Waals surface area contributed by atoms with E-state index in [2.05, 4.69) is 68.8 Å². The predicted molar refractivity (Wildman–Crippen MR) is 92.6 cm³/mol. The van der Waals surface area contributed by atoms with Crippen LogP contribution in [0.4, 0.5) is 0 Å². The molecular formula is C20H23NO. The molecule has 0 saturated heterocycles. The molecule has 0 aliphatic heterocycles. The lowest BCUT2D eigenvalue weighted by Gasteiger charge is -2.08. The number of ether oxygens (including phenoxy) is 1. The van der Waals surface area contributed by atoms with E-state index in [1.807, 2.05) is 12.1 Å². The van der Waals surface area contributed by atoms with Crippen LogP contribution in [-0.4, -0.2) is 4.57 Å². The van der Waals surface area contributed by atoms with Crippen molar-refractivity contribution in [3.8, 4) is 5.75 Å². The Balaban J connectivity index is 1.94. The quantitative estimate of drug-likeness (QED) is 0.626. The number of hydrogen-bond acceptors (Lipinski definition) is 1. The fourth-order valence-corrected chi connectivity index (χ4v) is 2.85. The van der Waals surface area contributed by atoms with Gasteiger partial charge in [-0.15, -0.1) is 0 Å². The molecule has 0 unspecified atom stereocenters. The van der Waals surface area contributed by atoms with E-state index in [1.54, 1.807) is 0 Å². The molecule has 22 heavy (non-hydrogen) atoms. The minimum atomic E-state index is 0.443. The van der Waals surface area contributed by atoms with Crippen molar-refractivity contribution in [1.82, 2.24) is 4.57 Å². The van der Waals surface area contributed by atoms with Gasteiger partial charge in [0.2, 0.25) is 0 Å². The van der Waals surface area contributed by atoms with Crippen molar-refractivity contribution in [3.05, 3.63) is 65.4 Å². The Morgan fingerprint density at radius 2 is 1.77 bits per heavy atom. The molecule has 0 aliphatic rings. The lowest BCUT2D eigenvalue weighted by molar-refractivity contribution is 0.307. The molecule has 3 aromatic rings. The molecule has 2 nitrogen and oxygen atoms in total. The smallest absolute Gasteiger partial charge is 0.120 e. The van der Waals surface area contributed by atoms with Crippen LogP contribution >= 0.6 is 0 Å². The summed E-state index contributed by atoms with van der Waals surface area (Å²) in [6.45, 7) is 9.25. The van der Waals surface area contributed by atoms with Crippen LogP contribution in [0.1, 0.15) is 36.6 Å². The zero-order valence-electron chi connectivity index (χ0n) is 13.8. The van der Waals surface area contributed by atoms with Gasteiger partial charge in [0, 0.05) is 28.7 Å². The summed E-state index contributed by atoms with van der Waals surface area (Å²) in [5.41, 5.74) is 5.03. The summed E-state index contributed by atoms with van der Waals surface area (Å²) in [7, 11) is 0. The SMILES string of the molecule is Cc1cccc(OCc2cn(C(C)C)c3ccc(C)cc23)c1. The van der Waals surface area contributed by atoms with Crippen LogP contribution in [0.5, 0.6) is 5.75 Å². The van der Waals surface area contributed by atoms with E-state index in [-0.39, 0.29) is 0 Å². The van der Waals surface area contributed by atoms with Crippen molar-refractivity contribution in [2.24, 2.45) is 0 Å². The average Bonchev–Trinajstić information content (AvgIpc) is 2.83. The molecule has 0 N–H and O–H groups in total. The highest BCUT2D eigenvalue weighted by molar-refractivity contribution is 5.84. The number of aromatic nitrogens is 1. The molecule has 2 heteroatoms. The molecule has 1 aromatic heterocycles. The summed E-state index contributed by atoms with van der Waals surface area (Å²) >= 11 is 0. The Kier molecular flexibility index (Phi) is 3.93. The third kappa shape index (κ3) is 2.87. The summed E-state index contributed by atoms with van der Waals surface area (Å²) in [6.07, 6.45) is 2.23. The van der Waals surface area contributed by atoms with Crippen LogP contribution in [0.2, 0.25) is 0 Å². The summed E-state index contributed by atoms with van der Waals surface area (Å²) in [5, 5.41) is 1.29. The van der Waals surface area contributed by atoms with Crippen LogP contribution in [0, 0.1) is 13.8 Å². The minimum Gasteiger partial charge on any atom is -0.489 e. The van der Waals surface area contributed by atoms with Gasteiger partial charge in [-0.05, 0) is 57.5 Å². The van der Waals surface area contributed by atoms with Crippen molar-refractivity contribution in [1.29, 1.82) is 0 Å². The molecule has 0 saturated carbocycles. The molecule has 3 rings (SSSR count). The number of rotatable bonds is 4. The van der Waals surface area contributed by atoms with Crippen LogP contribution < -0.4 is 4.74 Å². The molecule has 0 amide bonds. The number of hydrogen-bond donors (Lipinski definition) is 0. The summed E-state index contributed by atoms with van der Waals surface area (Å²) in [5.74, 6) is 0.929. The Hall–Kier alpha value is -2.22. The van der Waals surface area contributed by atoms with Crippen LogP contribution in [0.15, 0.2) is 48.7 Å². The van der Waals surface area contributed by atoms with Crippen LogP contribution in [0.3, 0.4) is 0 Å². The number of fused-ring (bicyclic) bond motifs is 1. The first-order valence-electron chi connectivity index (χ1n) is 7.84. The van der Waals surface area contributed by atoms with Gasteiger partial charge in [-0.2, -0.15) is 0 Å². The maximum absolute atomic E-state index is 6.00. The average molecular weight is 293 g/mol. The van der Waals surface area contributed by atoms with E-state index in [1.165, 1.54) is 27.6 Å². The topological polar surface area (TPSA) is 14.2 Å². The molecule has 0 radical (unpaired) electrons. The van der Waals surface area contributed by atoms with Gasteiger partial charge in [0.15, 0.2) is 0 Å². The van der Waals surface area contributed by atoms with Crippen molar-refractivity contribution >= 4 is 10.9 Å². The maximum atomic E-state index is 6.00. The monoisotopic (exact) mass is 293 g/mol. The lowest BCUT2D eigenvalue weighted by atomic mass is 10.1. The summed E-state index contributed by atoms with van der Waals surface area (Å²) < 4.78 is 8.32. The van der Waals surface area contributed by atoms with Gasteiger partial charge >= 0.3 is 0 Å². The third-order valence-electron chi connectivity index (χ3n) is 4.01. The Bertz CT molecular complexity index is 799. The minimum absolute atomic E-state index is 0.443. The zero-order chi connectivity index (χ0) is 15.7. The van der Waals surface area contributed by atoms with Gasteiger partial charge < -0.3 is 9.30 Å². The van der Waals surface area contributed by atoms with E-state index < -0.39 is 0 Å². The van der Waals surface area contributed by atoms with Gasteiger partial charge in [-0.1, -0.05) is 23.8 Å². The Morgan fingerprint density at radius 1 is 1.00 bits per heavy atom. The molecule has 2 aromatic carbocycles. The molecule has 1 heterocycles. The standard InChI is InChI=1S/C20H23NO/c1-14(2)21-12-17(19-11-16(4)8-9-20(19)21)13-22-18-7-5-6-15(3)10-18/h5-12,14H,13H2,1-4H3. The van der Waals surface area contributed by atoms with Gasteiger partial charge in [-0.25, -0.2) is 0 Å². The first kappa shape index (κ1) is 14.7. The largest absolute Gasteiger partial charge is 0.489 e. The van der Waals surface area contributed by atoms with E-state index >= 15 is 0 Å². The Labute approximate surface area is 132 Å². The third-order valence-corrected chi connectivity index (χ3v) is 4.01. The second-order valence-corrected chi connectivity index (χ2v) is 6.28. The highest BCUT2D eigenvalue weighted by Gasteiger charge is 2.11. The molecular weight excluding hydrogens is 270 g/mol. The van der Waals surface area contributed by atoms with Gasteiger partial charge in [0.05, 0.1) is 0 Å². The molecule has 0 atom stereocenters. The van der Waals surface area contributed by atoms with E-state index in [4.69, 9.17) is 4.74 Å². The second-order valence-electron chi connectivity index (χ2n) is 6.28. The number of aryl methyl sites for hydroxylation is 2. The molecule has 0 spiro atoms. The summed E-state index contributed by atoms with van der Waals surface area (Å²) in [4.78, 5) is 0.